The molecule has 3 aromatic rings. The second kappa shape index (κ2) is 13.0. The molecule has 0 fully saturated rings. The predicted octanol–water partition coefficient (Wildman–Crippen LogP) is 3.91. The van der Waals surface area contributed by atoms with Gasteiger partial charge in [-0.1, -0.05) is 76.6 Å². The minimum absolute atomic E-state index is 0.113. The Morgan fingerprint density at radius 3 is 2.00 bits per heavy atom. The Morgan fingerprint density at radius 2 is 1.38 bits per heavy atom. The number of likely N-dealkylation sites (N-methyl/N-ethyl adjacent to an activating group) is 1. The minimum Gasteiger partial charge on any atom is -0.473 e. The van der Waals surface area contributed by atoms with E-state index in [4.69, 9.17) is 19.8 Å². The molecular weight excluding hydrogens is 504 g/mol. The molecule has 0 spiro atoms. The summed E-state index contributed by atoms with van der Waals surface area (Å²) in [7, 11) is 1.89. The average molecular weight is 527 g/mol. The van der Waals surface area contributed by atoms with Crippen LogP contribution in [0.3, 0.4) is 0 Å². The van der Waals surface area contributed by atoms with E-state index in [9.17, 15) is 9.59 Å². The summed E-state index contributed by atoms with van der Waals surface area (Å²) in [6.07, 6.45) is 0. The van der Waals surface area contributed by atoms with Crippen molar-refractivity contribution in [1.82, 2.24) is 4.90 Å². The third-order valence-corrected chi connectivity index (χ3v) is 5.25. The van der Waals surface area contributed by atoms with Crippen molar-refractivity contribution in [2.75, 3.05) is 18.9 Å². The number of carboxylic acids is 2. The van der Waals surface area contributed by atoms with E-state index in [1.54, 1.807) is 30.3 Å². The van der Waals surface area contributed by atoms with Crippen molar-refractivity contribution in [2.45, 2.75) is 6.54 Å². The molecule has 0 radical (unpaired) electrons. The van der Waals surface area contributed by atoms with Gasteiger partial charge in [-0.05, 0) is 30.8 Å². The molecule has 0 aliphatic heterocycles. The number of nitrogens with zero attached hydrogens (tertiary/aromatic N) is 1. The topological polar surface area (TPSA) is 124 Å². The van der Waals surface area contributed by atoms with Gasteiger partial charge in [0.1, 0.15) is 0 Å². The van der Waals surface area contributed by atoms with E-state index < -0.39 is 11.9 Å². The standard InChI is InChI=1S/C23H21BrN2O2.C2H2O4/c1-26(15-18-11-5-7-13-20(18)24)16-22(27)25-21-14-8-6-12-19(21)23(28)17-9-3-2-4-10-17;3-1(4)2(5)6/h2-14H,15-16H2,1H3,(H,25,27);(H,3,4)(H,5,6). The maximum absolute atomic E-state index is 12.8. The van der Waals surface area contributed by atoms with E-state index in [1.807, 2.05) is 60.5 Å². The molecular formula is C25H23BrN2O6. The van der Waals surface area contributed by atoms with E-state index in [0.29, 0.717) is 23.4 Å². The Bertz CT molecular complexity index is 1150. The number of hydrogen-bond donors (Lipinski definition) is 3. The second-order valence-corrected chi connectivity index (χ2v) is 8.02. The molecule has 34 heavy (non-hydrogen) atoms. The molecule has 3 aromatic carbocycles. The number of hydrogen-bond acceptors (Lipinski definition) is 5. The number of rotatable bonds is 7. The maximum atomic E-state index is 12.8. The van der Waals surface area contributed by atoms with Crippen LogP contribution in [0.15, 0.2) is 83.3 Å². The summed E-state index contributed by atoms with van der Waals surface area (Å²) >= 11 is 3.53. The van der Waals surface area contributed by atoms with Crippen LogP contribution in [0.25, 0.3) is 0 Å². The van der Waals surface area contributed by atoms with Crippen LogP contribution in [-0.4, -0.2) is 52.3 Å². The van der Waals surface area contributed by atoms with E-state index in [0.717, 1.165) is 10.0 Å². The van der Waals surface area contributed by atoms with Gasteiger partial charge in [-0.2, -0.15) is 0 Å². The molecule has 9 heteroatoms. The van der Waals surface area contributed by atoms with Crippen LogP contribution in [0.1, 0.15) is 21.5 Å². The SMILES string of the molecule is CN(CC(=O)Nc1ccccc1C(=O)c1ccccc1)Cc1ccccc1Br.O=C(O)C(=O)O. The van der Waals surface area contributed by atoms with Gasteiger partial charge in [-0.15, -0.1) is 0 Å². The Kier molecular flexibility index (Phi) is 10.1. The molecule has 3 rings (SSSR count). The van der Waals surface area contributed by atoms with Crippen molar-refractivity contribution in [1.29, 1.82) is 0 Å². The van der Waals surface area contributed by atoms with Gasteiger partial charge in [-0.25, -0.2) is 9.59 Å². The smallest absolute Gasteiger partial charge is 0.414 e. The molecule has 8 nitrogen and oxygen atoms in total. The molecule has 0 saturated heterocycles. The van der Waals surface area contributed by atoms with Crippen molar-refractivity contribution < 1.29 is 29.4 Å². The van der Waals surface area contributed by atoms with Gasteiger partial charge < -0.3 is 15.5 Å². The van der Waals surface area contributed by atoms with Crippen LogP contribution in [0, 0.1) is 0 Å². The number of para-hydroxylation sites is 1. The van der Waals surface area contributed by atoms with Crippen LogP contribution in [-0.2, 0) is 20.9 Å². The lowest BCUT2D eigenvalue weighted by atomic mass is 10.0. The molecule has 0 aromatic heterocycles. The Morgan fingerprint density at radius 1 is 0.824 bits per heavy atom. The van der Waals surface area contributed by atoms with Gasteiger partial charge >= 0.3 is 11.9 Å². The molecule has 0 saturated carbocycles. The highest BCUT2D eigenvalue weighted by Crippen LogP contribution is 2.20. The van der Waals surface area contributed by atoms with Crippen LogP contribution in [0.4, 0.5) is 5.69 Å². The normalized spacial score (nSPS) is 10.1. The lowest BCUT2D eigenvalue weighted by molar-refractivity contribution is -0.159. The quantitative estimate of drug-likeness (QED) is 0.315. The monoisotopic (exact) mass is 526 g/mol. The molecule has 3 N–H and O–H groups in total. The average Bonchev–Trinajstić information content (AvgIpc) is 2.81. The van der Waals surface area contributed by atoms with Gasteiger partial charge in [0, 0.05) is 22.1 Å². The first-order chi connectivity index (χ1) is 16.2. The summed E-state index contributed by atoms with van der Waals surface area (Å²) in [5.41, 5.74) is 2.71. The Hall–Kier alpha value is -3.82. The number of ketones is 1. The van der Waals surface area contributed by atoms with Crippen molar-refractivity contribution in [2.24, 2.45) is 0 Å². The summed E-state index contributed by atoms with van der Waals surface area (Å²) in [6.45, 7) is 0.856. The van der Waals surface area contributed by atoms with E-state index >= 15 is 0 Å². The zero-order chi connectivity index (χ0) is 25.1. The van der Waals surface area contributed by atoms with Crippen molar-refractivity contribution in [3.05, 3.63) is 100 Å². The molecule has 0 heterocycles. The van der Waals surface area contributed by atoms with Crippen LogP contribution in [0.2, 0.25) is 0 Å². The number of nitrogens with one attached hydrogen (secondary N) is 1. The molecule has 0 atom stereocenters. The largest absolute Gasteiger partial charge is 0.473 e. The van der Waals surface area contributed by atoms with Crippen molar-refractivity contribution in [3.63, 3.8) is 0 Å². The third-order valence-electron chi connectivity index (χ3n) is 4.48. The zero-order valence-corrected chi connectivity index (χ0v) is 19.9. The first-order valence-corrected chi connectivity index (χ1v) is 10.8. The molecule has 1 amide bonds. The summed E-state index contributed by atoms with van der Waals surface area (Å²) in [4.78, 5) is 45.4. The summed E-state index contributed by atoms with van der Waals surface area (Å²) in [6, 6.07) is 24.1. The van der Waals surface area contributed by atoms with Gasteiger partial charge in [0.05, 0.1) is 12.2 Å². The number of carbonyl (C=O) groups is 4. The zero-order valence-electron chi connectivity index (χ0n) is 18.3. The van der Waals surface area contributed by atoms with E-state index in [1.165, 1.54) is 0 Å². The lowest BCUT2D eigenvalue weighted by Crippen LogP contribution is -2.30. The van der Waals surface area contributed by atoms with Gasteiger partial charge in [0.15, 0.2) is 5.78 Å². The lowest BCUT2D eigenvalue weighted by Gasteiger charge is -2.18. The van der Waals surface area contributed by atoms with Crippen LogP contribution in [0.5, 0.6) is 0 Å². The van der Waals surface area contributed by atoms with Crippen molar-refractivity contribution in [3.8, 4) is 0 Å². The number of amides is 1. The number of halogens is 1. The van der Waals surface area contributed by atoms with Crippen molar-refractivity contribution >= 4 is 45.2 Å². The number of carbonyl (C=O) groups excluding carboxylic acids is 2. The first-order valence-electron chi connectivity index (χ1n) is 10.1. The second-order valence-electron chi connectivity index (χ2n) is 7.16. The number of carboxylic acid groups (broad SMARTS) is 2. The fraction of sp³-hybridized carbons (Fsp3) is 0.120. The molecule has 176 valence electrons. The van der Waals surface area contributed by atoms with Crippen LogP contribution < -0.4 is 5.32 Å². The Labute approximate surface area is 205 Å². The molecule has 0 aliphatic carbocycles. The molecule has 0 bridgehead atoms. The summed E-state index contributed by atoms with van der Waals surface area (Å²) in [5.74, 6) is -3.93. The third kappa shape index (κ3) is 8.27. The maximum Gasteiger partial charge on any atom is 0.414 e. The van der Waals surface area contributed by atoms with Crippen LogP contribution >= 0.6 is 15.9 Å². The fourth-order valence-corrected chi connectivity index (χ4v) is 3.35. The van der Waals surface area contributed by atoms with Gasteiger partial charge in [-0.3, -0.25) is 14.5 Å². The number of anilines is 1. The molecule has 0 unspecified atom stereocenters. The van der Waals surface area contributed by atoms with Gasteiger partial charge in [0.25, 0.3) is 0 Å². The highest BCUT2D eigenvalue weighted by molar-refractivity contribution is 9.10. The number of aliphatic carboxylic acids is 2. The number of benzene rings is 3. The predicted molar refractivity (Wildman–Crippen MR) is 131 cm³/mol. The highest BCUT2D eigenvalue weighted by atomic mass is 79.9. The van der Waals surface area contributed by atoms with E-state index in [-0.39, 0.29) is 18.2 Å². The molecule has 0 aliphatic rings. The highest BCUT2D eigenvalue weighted by Gasteiger charge is 2.16. The van der Waals surface area contributed by atoms with Gasteiger partial charge in [0.2, 0.25) is 5.91 Å². The van der Waals surface area contributed by atoms with E-state index in [2.05, 4.69) is 21.2 Å². The minimum atomic E-state index is -1.82. The Balaban J connectivity index is 0.000000604. The summed E-state index contributed by atoms with van der Waals surface area (Å²) < 4.78 is 1.01. The summed E-state index contributed by atoms with van der Waals surface area (Å²) in [5, 5.41) is 17.7. The first kappa shape index (κ1) is 26.4. The fourth-order valence-electron chi connectivity index (χ4n) is 2.94.